The summed E-state index contributed by atoms with van der Waals surface area (Å²) >= 11 is 0. The molecule has 2 aromatic carbocycles. The Hall–Kier alpha value is -4.21. The van der Waals surface area contributed by atoms with Gasteiger partial charge in [0.15, 0.2) is 0 Å². The van der Waals surface area contributed by atoms with Crippen LogP contribution in [0.4, 0.5) is 0 Å². The quantitative estimate of drug-likeness (QED) is 0.421. The summed E-state index contributed by atoms with van der Waals surface area (Å²) in [5.41, 5.74) is -4.55. The molecule has 4 amide bonds. The molecule has 41 heavy (non-hydrogen) atoms. The molecular formula is C31H40N4O6. The third-order valence-electron chi connectivity index (χ3n) is 7.13. The molecule has 0 unspecified atom stereocenters. The van der Waals surface area contributed by atoms with Gasteiger partial charge in [-0.15, -0.1) is 0 Å². The van der Waals surface area contributed by atoms with Crippen LogP contribution in [0.1, 0.15) is 65.5 Å². The van der Waals surface area contributed by atoms with Gasteiger partial charge >= 0.3 is 5.97 Å². The van der Waals surface area contributed by atoms with E-state index < -0.39 is 57.7 Å². The van der Waals surface area contributed by atoms with Crippen molar-refractivity contribution >= 4 is 29.6 Å². The van der Waals surface area contributed by atoms with Gasteiger partial charge in [-0.25, -0.2) is 4.79 Å². The fraction of sp³-hybridized carbons (Fsp3) is 0.452. The molecule has 10 heteroatoms. The van der Waals surface area contributed by atoms with Crippen LogP contribution in [0.15, 0.2) is 60.7 Å². The van der Waals surface area contributed by atoms with Crippen LogP contribution in [0, 0.1) is 0 Å². The van der Waals surface area contributed by atoms with Gasteiger partial charge in [-0.1, -0.05) is 60.7 Å². The Morgan fingerprint density at radius 3 is 1.59 bits per heavy atom. The van der Waals surface area contributed by atoms with Crippen LogP contribution in [0.3, 0.4) is 0 Å². The Morgan fingerprint density at radius 2 is 1.07 bits per heavy atom. The number of carbonyl (C=O) groups is 5. The van der Waals surface area contributed by atoms with E-state index in [1.54, 1.807) is 37.3 Å². The molecule has 2 aromatic rings. The molecule has 4 N–H and O–H groups in total. The lowest BCUT2D eigenvalue weighted by Crippen LogP contribution is -2.68. The molecular weight excluding hydrogens is 524 g/mol. The van der Waals surface area contributed by atoms with Crippen LogP contribution in [-0.2, 0) is 35.1 Å². The molecule has 2 atom stereocenters. The van der Waals surface area contributed by atoms with E-state index in [1.165, 1.54) is 41.5 Å². The van der Waals surface area contributed by atoms with Gasteiger partial charge < -0.3 is 26.0 Å². The maximum atomic E-state index is 13.7. The lowest BCUT2D eigenvalue weighted by molar-refractivity contribution is -0.155. The monoisotopic (exact) mass is 564 g/mol. The molecule has 1 aliphatic rings. The number of hydrogen-bond acceptors (Lipinski definition) is 6. The summed E-state index contributed by atoms with van der Waals surface area (Å²) in [7, 11) is 0. The zero-order chi connectivity index (χ0) is 30.6. The Morgan fingerprint density at radius 1 is 0.634 bits per heavy atom. The third-order valence-corrected chi connectivity index (χ3v) is 7.13. The van der Waals surface area contributed by atoms with Crippen LogP contribution < -0.4 is 21.3 Å². The first-order chi connectivity index (χ1) is 19.0. The van der Waals surface area contributed by atoms with E-state index in [-0.39, 0.29) is 13.0 Å². The van der Waals surface area contributed by atoms with Gasteiger partial charge in [0.25, 0.3) is 0 Å². The summed E-state index contributed by atoms with van der Waals surface area (Å²) in [6, 6.07) is 17.9. The summed E-state index contributed by atoms with van der Waals surface area (Å²) in [5.74, 6) is -4.13. The number of esters is 1. The lowest BCUT2D eigenvalue weighted by Gasteiger charge is -2.37. The van der Waals surface area contributed by atoms with E-state index in [9.17, 15) is 24.0 Å². The predicted octanol–water partition coefficient (Wildman–Crippen LogP) is 2.13. The van der Waals surface area contributed by atoms with Crippen LogP contribution in [0.25, 0.3) is 0 Å². The van der Waals surface area contributed by atoms with Crippen LogP contribution in [0.2, 0.25) is 0 Å². The van der Waals surface area contributed by atoms with E-state index in [2.05, 4.69) is 21.3 Å². The van der Waals surface area contributed by atoms with Gasteiger partial charge in [-0.2, -0.15) is 0 Å². The van der Waals surface area contributed by atoms with Gasteiger partial charge in [0.2, 0.25) is 23.6 Å². The van der Waals surface area contributed by atoms with Crippen molar-refractivity contribution in [3.05, 3.63) is 71.8 Å². The molecule has 220 valence electrons. The number of cyclic esters (lactones) is 1. The molecule has 0 aliphatic carbocycles. The summed E-state index contributed by atoms with van der Waals surface area (Å²) in [5, 5.41) is 10.9. The van der Waals surface area contributed by atoms with E-state index in [0.717, 1.165) is 5.56 Å². The van der Waals surface area contributed by atoms with Crippen molar-refractivity contribution in [2.45, 2.75) is 83.0 Å². The number of hydrogen-bond donors (Lipinski definition) is 4. The van der Waals surface area contributed by atoms with Gasteiger partial charge in [0, 0.05) is 6.42 Å². The second-order valence-corrected chi connectivity index (χ2v) is 12.3. The fourth-order valence-electron chi connectivity index (χ4n) is 4.35. The van der Waals surface area contributed by atoms with Crippen molar-refractivity contribution in [1.29, 1.82) is 0 Å². The molecule has 1 aliphatic heterocycles. The summed E-state index contributed by atoms with van der Waals surface area (Å²) in [6.07, 6.45) is 0.0964. The number of ether oxygens (including phenoxy) is 1. The zero-order valence-electron chi connectivity index (χ0n) is 24.7. The largest absolute Gasteiger partial charge is 0.463 e. The van der Waals surface area contributed by atoms with Gasteiger partial charge in [-0.3, -0.25) is 19.2 Å². The second-order valence-electron chi connectivity index (χ2n) is 12.3. The van der Waals surface area contributed by atoms with Crippen molar-refractivity contribution in [3.8, 4) is 0 Å². The highest BCUT2D eigenvalue weighted by Gasteiger charge is 2.45. The number of nitrogens with one attached hydrogen (secondary N) is 4. The first kappa shape index (κ1) is 31.3. The van der Waals surface area contributed by atoms with Gasteiger partial charge in [0.05, 0.1) is 5.92 Å². The van der Waals surface area contributed by atoms with Crippen molar-refractivity contribution in [2.75, 3.05) is 6.61 Å². The molecule has 10 nitrogen and oxygen atoms in total. The van der Waals surface area contributed by atoms with Crippen molar-refractivity contribution in [1.82, 2.24) is 21.3 Å². The number of amides is 4. The minimum atomic E-state index is -1.54. The first-order valence-corrected chi connectivity index (χ1v) is 13.5. The lowest BCUT2D eigenvalue weighted by atomic mass is 9.90. The molecule has 1 heterocycles. The van der Waals surface area contributed by atoms with Gasteiger partial charge in [0.1, 0.15) is 28.8 Å². The van der Waals surface area contributed by atoms with E-state index in [1.807, 2.05) is 30.3 Å². The zero-order valence-corrected chi connectivity index (χ0v) is 24.7. The molecule has 0 spiro atoms. The van der Waals surface area contributed by atoms with E-state index in [0.29, 0.717) is 5.56 Å². The molecule has 0 radical (unpaired) electrons. The standard InChI is InChI=1S/C31H40N4O6/c1-28(2)24(37)33-29(3,4)25(38)34-30(5,6)26(39)35-31(7,18-20-14-10-8-11-15-20)27(40)41-19-22(23(36)32-28)21-16-12-9-13-17-21/h8-17,22H,18-19H2,1-7H3,(H,32,36)(H,33,37)(H,34,38)(H,35,39)/t22-,31+/m0/s1. The summed E-state index contributed by atoms with van der Waals surface area (Å²) in [6.45, 7) is 10.2. The molecule has 1 saturated heterocycles. The highest BCUT2D eigenvalue weighted by molar-refractivity contribution is 6.00. The Balaban J connectivity index is 2.08. The molecule has 3 rings (SSSR count). The minimum absolute atomic E-state index is 0.0964. The SMILES string of the molecule is CC1(C)NC(=O)[C@H](c2ccccc2)COC(=O)[C@@](C)(Cc2ccccc2)NC(=O)C(C)(C)NC(=O)C(C)(C)NC1=O. The average Bonchev–Trinajstić information content (AvgIpc) is 2.88. The topological polar surface area (TPSA) is 143 Å². The highest BCUT2D eigenvalue weighted by Crippen LogP contribution is 2.23. The highest BCUT2D eigenvalue weighted by atomic mass is 16.5. The first-order valence-electron chi connectivity index (χ1n) is 13.5. The van der Waals surface area contributed by atoms with Crippen molar-refractivity contribution in [3.63, 3.8) is 0 Å². The van der Waals surface area contributed by atoms with Crippen LogP contribution >= 0.6 is 0 Å². The Bertz CT molecular complexity index is 1310. The summed E-state index contributed by atoms with van der Waals surface area (Å²) < 4.78 is 5.73. The maximum Gasteiger partial charge on any atom is 0.331 e. The number of rotatable bonds is 3. The minimum Gasteiger partial charge on any atom is -0.463 e. The predicted molar refractivity (Wildman–Crippen MR) is 154 cm³/mol. The Kier molecular flexibility index (Phi) is 8.95. The van der Waals surface area contributed by atoms with E-state index >= 15 is 0 Å². The third kappa shape index (κ3) is 7.50. The Labute approximate surface area is 241 Å². The molecule has 0 aromatic heterocycles. The van der Waals surface area contributed by atoms with Crippen LogP contribution in [0.5, 0.6) is 0 Å². The maximum absolute atomic E-state index is 13.7. The van der Waals surface area contributed by atoms with Crippen molar-refractivity contribution < 1.29 is 28.7 Å². The number of carbonyl (C=O) groups excluding carboxylic acids is 5. The fourth-order valence-corrected chi connectivity index (χ4v) is 4.35. The molecule has 1 fully saturated rings. The van der Waals surface area contributed by atoms with Crippen molar-refractivity contribution in [2.24, 2.45) is 0 Å². The smallest absolute Gasteiger partial charge is 0.331 e. The molecule has 0 saturated carbocycles. The normalized spacial score (nSPS) is 25.1. The van der Waals surface area contributed by atoms with E-state index in [4.69, 9.17) is 4.74 Å². The van der Waals surface area contributed by atoms with Crippen LogP contribution in [-0.4, -0.2) is 58.4 Å². The van der Waals surface area contributed by atoms with Gasteiger partial charge in [-0.05, 0) is 59.6 Å². The average molecular weight is 565 g/mol. The second kappa shape index (κ2) is 11.7. The molecule has 0 bridgehead atoms. The summed E-state index contributed by atoms with van der Waals surface area (Å²) in [4.78, 5) is 67.3. The number of benzene rings is 2.